The standard InChI is InChI=1S/C15H11/c1-2-15(13-9-5-3-6-10-13)14-11-7-4-8-12-14/h3-12,15H/q+1. The van der Waals surface area contributed by atoms with Crippen LogP contribution in [-0.4, -0.2) is 0 Å². The zero-order chi connectivity index (χ0) is 10.5. The molecule has 2 aromatic rings. The fraction of sp³-hybridized carbons (Fsp3) is 0.0667. The Morgan fingerprint density at radius 2 is 1.13 bits per heavy atom. The van der Waals surface area contributed by atoms with Gasteiger partial charge in [0.15, 0.2) is 0 Å². The van der Waals surface area contributed by atoms with Crippen LogP contribution in [0.1, 0.15) is 17.0 Å². The molecule has 0 heteroatoms. The molecule has 70 valence electrons. The SMILES string of the molecule is [C+]#CC(c1ccccc1)c1ccccc1. The Bertz CT molecular complexity index is 409. The summed E-state index contributed by atoms with van der Waals surface area (Å²) >= 11 is 0. The maximum atomic E-state index is 7.38. The van der Waals surface area contributed by atoms with E-state index in [9.17, 15) is 0 Å². The second-order valence-electron chi connectivity index (χ2n) is 3.40. The summed E-state index contributed by atoms with van der Waals surface area (Å²) < 4.78 is 0. The van der Waals surface area contributed by atoms with Crippen LogP contribution < -0.4 is 0 Å². The van der Waals surface area contributed by atoms with Crippen LogP contribution in [-0.2, 0) is 0 Å². The van der Waals surface area contributed by atoms with Gasteiger partial charge in [-0.25, -0.2) is 0 Å². The van der Waals surface area contributed by atoms with Crippen molar-refractivity contribution in [2.24, 2.45) is 0 Å². The van der Waals surface area contributed by atoms with Crippen molar-refractivity contribution in [3.8, 4) is 5.92 Å². The summed E-state index contributed by atoms with van der Waals surface area (Å²) in [6.45, 7) is 0. The van der Waals surface area contributed by atoms with Gasteiger partial charge in [-0.2, -0.15) is 0 Å². The van der Waals surface area contributed by atoms with Crippen LogP contribution in [0.25, 0.3) is 0 Å². The molecule has 0 atom stereocenters. The first-order valence-electron chi connectivity index (χ1n) is 4.94. The van der Waals surface area contributed by atoms with Gasteiger partial charge in [-0.05, 0) is 0 Å². The molecule has 0 aliphatic rings. The van der Waals surface area contributed by atoms with Crippen LogP contribution in [0.4, 0.5) is 0 Å². The number of benzene rings is 2. The fourth-order valence-corrected chi connectivity index (χ4v) is 1.65. The second kappa shape index (κ2) is 4.63. The third-order valence-corrected chi connectivity index (χ3v) is 2.41. The molecule has 0 aromatic heterocycles. The molecule has 0 saturated heterocycles. The predicted octanol–water partition coefficient (Wildman–Crippen LogP) is 3.41. The summed E-state index contributed by atoms with van der Waals surface area (Å²) in [5.41, 5.74) is 2.22. The van der Waals surface area contributed by atoms with Gasteiger partial charge in [0.2, 0.25) is 0 Å². The first kappa shape index (κ1) is 9.76. The van der Waals surface area contributed by atoms with Crippen LogP contribution in [0.15, 0.2) is 60.7 Å². The second-order valence-corrected chi connectivity index (χ2v) is 3.40. The van der Waals surface area contributed by atoms with Gasteiger partial charge in [0.05, 0.1) is 0 Å². The number of rotatable bonds is 2. The maximum absolute atomic E-state index is 7.38. The van der Waals surface area contributed by atoms with Gasteiger partial charge in [0, 0.05) is 0 Å². The predicted molar refractivity (Wildman–Crippen MR) is 61.9 cm³/mol. The van der Waals surface area contributed by atoms with E-state index in [0.29, 0.717) is 0 Å². The van der Waals surface area contributed by atoms with E-state index in [4.69, 9.17) is 6.42 Å². The first-order valence-corrected chi connectivity index (χ1v) is 4.94. The van der Waals surface area contributed by atoms with E-state index < -0.39 is 0 Å². The van der Waals surface area contributed by atoms with Crippen molar-refractivity contribution in [3.63, 3.8) is 0 Å². The van der Waals surface area contributed by atoms with E-state index in [-0.39, 0.29) is 5.92 Å². The van der Waals surface area contributed by atoms with E-state index >= 15 is 0 Å². The fourth-order valence-electron chi connectivity index (χ4n) is 1.65. The Morgan fingerprint density at radius 3 is 1.47 bits per heavy atom. The molecule has 0 nitrogen and oxygen atoms in total. The van der Waals surface area contributed by atoms with Gasteiger partial charge >= 0.3 is 90.1 Å². The molecule has 0 unspecified atom stereocenters. The zero-order valence-electron chi connectivity index (χ0n) is 8.35. The van der Waals surface area contributed by atoms with Gasteiger partial charge in [0.1, 0.15) is 0 Å². The van der Waals surface area contributed by atoms with Crippen LogP contribution >= 0.6 is 0 Å². The average molecular weight is 191 g/mol. The Morgan fingerprint density at radius 1 is 0.733 bits per heavy atom. The van der Waals surface area contributed by atoms with Gasteiger partial charge in [0.25, 0.3) is 0 Å². The monoisotopic (exact) mass is 191 g/mol. The van der Waals surface area contributed by atoms with Gasteiger partial charge in [-0.1, -0.05) is 0 Å². The first-order chi connectivity index (χ1) is 7.42. The van der Waals surface area contributed by atoms with Gasteiger partial charge in [-0.15, -0.1) is 0 Å². The molecule has 0 aliphatic carbocycles. The summed E-state index contributed by atoms with van der Waals surface area (Å²) in [7, 11) is 0. The Kier molecular flexibility index (Phi) is 3.02. The van der Waals surface area contributed by atoms with Crippen molar-refractivity contribution in [1.29, 1.82) is 0 Å². The number of hydrogen-bond acceptors (Lipinski definition) is 0. The molecular weight excluding hydrogens is 180 g/mol. The summed E-state index contributed by atoms with van der Waals surface area (Å²) in [5.74, 6) is 2.54. The van der Waals surface area contributed by atoms with Gasteiger partial charge in [-0.3, -0.25) is 0 Å². The molecule has 0 saturated carbocycles. The summed E-state index contributed by atoms with van der Waals surface area (Å²) in [4.78, 5) is 0. The van der Waals surface area contributed by atoms with Crippen molar-refractivity contribution in [2.75, 3.05) is 0 Å². The van der Waals surface area contributed by atoms with Crippen LogP contribution in [0, 0.1) is 12.3 Å². The molecule has 0 bridgehead atoms. The van der Waals surface area contributed by atoms with Crippen LogP contribution in [0.5, 0.6) is 0 Å². The molecule has 2 aromatic carbocycles. The van der Waals surface area contributed by atoms with Crippen LogP contribution in [0.2, 0.25) is 0 Å². The molecule has 0 spiro atoms. The molecule has 0 N–H and O–H groups in total. The van der Waals surface area contributed by atoms with Crippen molar-refractivity contribution < 1.29 is 0 Å². The topological polar surface area (TPSA) is 0 Å². The Hall–Kier alpha value is -1.78. The molecule has 15 heavy (non-hydrogen) atoms. The van der Waals surface area contributed by atoms with Gasteiger partial charge < -0.3 is 0 Å². The van der Waals surface area contributed by atoms with E-state index in [2.05, 4.69) is 5.92 Å². The molecule has 0 heterocycles. The van der Waals surface area contributed by atoms with Crippen molar-refractivity contribution >= 4 is 0 Å². The van der Waals surface area contributed by atoms with Crippen molar-refractivity contribution in [2.45, 2.75) is 5.92 Å². The molecule has 2 rings (SSSR count). The summed E-state index contributed by atoms with van der Waals surface area (Å²) in [5, 5.41) is 0. The average Bonchev–Trinajstić information content (AvgIpc) is 2.33. The number of hydrogen-bond donors (Lipinski definition) is 0. The molecule has 0 fully saturated rings. The third-order valence-electron chi connectivity index (χ3n) is 2.41. The molecule has 0 aliphatic heterocycles. The molecular formula is C15H11+. The van der Waals surface area contributed by atoms with Crippen LogP contribution in [0.3, 0.4) is 0 Å². The van der Waals surface area contributed by atoms with E-state index in [1.807, 2.05) is 60.7 Å². The minimum atomic E-state index is -0.0487. The normalized spacial score (nSPS) is 10.1. The van der Waals surface area contributed by atoms with E-state index in [1.165, 1.54) is 0 Å². The van der Waals surface area contributed by atoms with E-state index in [0.717, 1.165) is 11.1 Å². The quantitative estimate of drug-likeness (QED) is 0.504. The Labute approximate surface area is 90.6 Å². The van der Waals surface area contributed by atoms with E-state index in [1.54, 1.807) is 0 Å². The zero-order valence-corrected chi connectivity index (χ0v) is 8.35. The molecule has 0 radical (unpaired) electrons. The summed E-state index contributed by atoms with van der Waals surface area (Å²) in [6, 6.07) is 20.0. The Balaban J connectivity index is 2.39. The summed E-state index contributed by atoms with van der Waals surface area (Å²) in [6.07, 6.45) is 7.38. The third kappa shape index (κ3) is 2.18. The molecule has 0 amide bonds. The van der Waals surface area contributed by atoms with Crippen molar-refractivity contribution in [3.05, 3.63) is 78.2 Å². The van der Waals surface area contributed by atoms with Crippen molar-refractivity contribution in [1.82, 2.24) is 0 Å². The minimum absolute atomic E-state index is 0.0487.